The Morgan fingerprint density at radius 2 is 1.23 bits per heavy atom. The summed E-state index contributed by atoms with van der Waals surface area (Å²) in [6.07, 6.45) is 25.6. The summed E-state index contributed by atoms with van der Waals surface area (Å²) in [7, 11) is 2.35. The van der Waals surface area contributed by atoms with Crippen molar-refractivity contribution in [3.8, 4) is 0 Å². The fraction of sp³-hybridized carbons (Fsp3) is 0.923. The molecule has 0 amide bonds. The summed E-state index contributed by atoms with van der Waals surface area (Å²) in [5.41, 5.74) is 0. The standard InChI is InChI=1S/C26H54NO3P/c1-6-8-9-10-11-12-13-14-15-16-17-18-19-20-21-22-23-25-30-31(28,29)26(24-7-2)27(3,4)5/h6,8,26H,7,9-25H2,1-5H3/p+1. The highest BCUT2D eigenvalue weighted by atomic mass is 31.2. The molecule has 0 radical (unpaired) electrons. The van der Waals surface area contributed by atoms with Crippen molar-refractivity contribution < 1.29 is 18.5 Å². The third-order valence-electron chi connectivity index (χ3n) is 6.09. The molecule has 186 valence electrons. The second-order valence-electron chi connectivity index (χ2n) is 10.1. The number of allylic oxidation sites excluding steroid dienone is 2. The number of hydrogen-bond acceptors (Lipinski definition) is 2. The molecule has 0 saturated carbocycles. The monoisotopic (exact) mass is 460 g/mol. The molecule has 0 saturated heterocycles. The number of hydrogen-bond donors (Lipinski definition) is 1. The Bertz CT molecular complexity index is 474. The Morgan fingerprint density at radius 3 is 1.61 bits per heavy atom. The molecule has 5 heteroatoms. The number of nitrogens with zero attached hydrogens (tertiary/aromatic N) is 1. The summed E-state index contributed by atoms with van der Waals surface area (Å²) in [4.78, 5) is 10.4. The normalized spacial score (nSPS) is 15.4. The van der Waals surface area contributed by atoms with Gasteiger partial charge in [0.1, 0.15) is 0 Å². The van der Waals surface area contributed by atoms with Crippen molar-refractivity contribution >= 4 is 7.60 Å². The van der Waals surface area contributed by atoms with Crippen LogP contribution >= 0.6 is 7.60 Å². The van der Waals surface area contributed by atoms with Crippen LogP contribution in [-0.4, -0.2) is 42.9 Å². The highest BCUT2D eigenvalue weighted by Gasteiger charge is 2.41. The molecule has 0 aromatic heterocycles. The molecule has 0 spiro atoms. The molecule has 0 aromatic carbocycles. The van der Waals surface area contributed by atoms with Crippen molar-refractivity contribution in [3.05, 3.63) is 12.2 Å². The zero-order chi connectivity index (χ0) is 23.4. The van der Waals surface area contributed by atoms with Crippen LogP contribution in [0, 0.1) is 0 Å². The summed E-state index contributed by atoms with van der Waals surface area (Å²) < 4.78 is 18.6. The van der Waals surface area contributed by atoms with Gasteiger partial charge in [-0.3, -0.25) is 4.57 Å². The van der Waals surface area contributed by atoms with Gasteiger partial charge in [0.05, 0.1) is 27.7 Å². The molecule has 2 unspecified atom stereocenters. The molecule has 31 heavy (non-hydrogen) atoms. The maximum absolute atomic E-state index is 12.6. The SMILES string of the molecule is CC=CCCCCCCCCCCCCCCCCOP(=O)(O)C(CCC)[N+](C)(C)C. The zero-order valence-electron chi connectivity index (χ0n) is 21.6. The first-order valence-electron chi connectivity index (χ1n) is 13.1. The van der Waals surface area contributed by atoms with E-state index in [0.29, 0.717) is 17.5 Å². The van der Waals surface area contributed by atoms with Gasteiger partial charge in [-0.2, -0.15) is 0 Å². The van der Waals surface area contributed by atoms with Crippen LogP contribution in [0.4, 0.5) is 0 Å². The van der Waals surface area contributed by atoms with E-state index in [2.05, 4.69) is 26.0 Å². The van der Waals surface area contributed by atoms with Gasteiger partial charge in [0.15, 0.2) is 5.78 Å². The Morgan fingerprint density at radius 1 is 0.806 bits per heavy atom. The van der Waals surface area contributed by atoms with Gasteiger partial charge >= 0.3 is 7.60 Å². The molecule has 0 aromatic rings. The van der Waals surface area contributed by atoms with Crippen LogP contribution in [-0.2, 0) is 9.09 Å². The zero-order valence-corrected chi connectivity index (χ0v) is 22.5. The maximum atomic E-state index is 12.6. The number of quaternary nitrogens is 1. The molecule has 1 N–H and O–H groups in total. The predicted octanol–water partition coefficient (Wildman–Crippen LogP) is 8.45. The number of rotatable bonds is 22. The van der Waals surface area contributed by atoms with Crippen LogP contribution in [0.25, 0.3) is 0 Å². The van der Waals surface area contributed by atoms with Crippen molar-refractivity contribution in [3.63, 3.8) is 0 Å². The first kappa shape index (κ1) is 30.9. The molecule has 0 rings (SSSR count). The van der Waals surface area contributed by atoms with Crippen molar-refractivity contribution in [2.24, 2.45) is 0 Å². The van der Waals surface area contributed by atoms with Gasteiger partial charge < -0.3 is 13.9 Å². The van der Waals surface area contributed by atoms with E-state index in [4.69, 9.17) is 4.52 Å². The molecular weight excluding hydrogens is 405 g/mol. The van der Waals surface area contributed by atoms with Gasteiger partial charge in [-0.25, -0.2) is 0 Å². The van der Waals surface area contributed by atoms with Gasteiger partial charge in [-0.1, -0.05) is 96.1 Å². The Hall–Kier alpha value is -0.150. The van der Waals surface area contributed by atoms with Crippen LogP contribution in [0.15, 0.2) is 12.2 Å². The minimum absolute atomic E-state index is 0.333. The first-order chi connectivity index (χ1) is 14.8. The molecule has 2 atom stereocenters. The number of unbranched alkanes of at least 4 members (excludes halogenated alkanes) is 14. The van der Waals surface area contributed by atoms with E-state index in [0.717, 1.165) is 19.3 Å². The van der Waals surface area contributed by atoms with Gasteiger partial charge in [0.2, 0.25) is 0 Å². The van der Waals surface area contributed by atoms with Crippen LogP contribution in [0.1, 0.15) is 123 Å². The lowest BCUT2D eigenvalue weighted by Crippen LogP contribution is -2.45. The van der Waals surface area contributed by atoms with E-state index in [9.17, 15) is 9.46 Å². The fourth-order valence-electron chi connectivity index (χ4n) is 4.18. The minimum atomic E-state index is -3.56. The summed E-state index contributed by atoms with van der Waals surface area (Å²) in [5, 5.41) is 0. The summed E-state index contributed by atoms with van der Waals surface area (Å²) in [6.45, 7) is 4.56. The van der Waals surface area contributed by atoms with E-state index in [-0.39, 0.29) is 5.78 Å². The largest absolute Gasteiger partial charge is 0.385 e. The third-order valence-corrected chi connectivity index (χ3v) is 8.35. The van der Waals surface area contributed by atoms with Gasteiger partial charge in [0, 0.05) is 6.42 Å². The third kappa shape index (κ3) is 18.0. The van der Waals surface area contributed by atoms with E-state index < -0.39 is 7.60 Å². The van der Waals surface area contributed by atoms with E-state index in [1.54, 1.807) is 0 Å². The van der Waals surface area contributed by atoms with E-state index in [1.807, 2.05) is 21.1 Å². The van der Waals surface area contributed by atoms with E-state index >= 15 is 0 Å². The van der Waals surface area contributed by atoms with E-state index in [1.165, 1.54) is 83.5 Å². The Kier molecular flexibility index (Phi) is 19.2. The van der Waals surface area contributed by atoms with Crippen LogP contribution < -0.4 is 0 Å². The highest BCUT2D eigenvalue weighted by molar-refractivity contribution is 7.53. The van der Waals surface area contributed by atoms with Crippen LogP contribution in [0.5, 0.6) is 0 Å². The average Bonchev–Trinajstić information content (AvgIpc) is 2.70. The smallest absolute Gasteiger partial charge is 0.320 e. The summed E-state index contributed by atoms with van der Waals surface area (Å²) >= 11 is 0. The second kappa shape index (κ2) is 19.3. The summed E-state index contributed by atoms with van der Waals surface area (Å²) in [6, 6.07) is 0. The molecule has 0 aliphatic heterocycles. The quantitative estimate of drug-likeness (QED) is 0.0763. The maximum Gasteiger partial charge on any atom is 0.385 e. The minimum Gasteiger partial charge on any atom is -0.320 e. The van der Waals surface area contributed by atoms with Crippen LogP contribution in [0.2, 0.25) is 0 Å². The molecule has 0 aliphatic rings. The van der Waals surface area contributed by atoms with Crippen molar-refractivity contribution in [2.45, 2.75) is 129 Å². The van der Waals surface area contributed by atoms with Gasteiger partial charge in [-0.15, -0.1) is 0 Å². The van der Waals surface area contributed by atoms with Crippen molar-refractivity contribution in [2.75, 3.05) is 27.7 Å². The lowest BCUT2D eigenvalue weighted by molar-refractivity contribution is -0.883. The predicted molar refractivity (Wildman–Crippen MR) is 137 cm³/mol. The molecule has 4 nitrogen and oxygen atoms in total. The molecule has 0 fully saturated rings. The van der Waals surface area contributed by atoms with Crippen molar-refractivity contribution in [1.82, 2.24) is 0 Å². The summed E-state index contributed by atoms with van der Waals surface area (Å²) in [5.74, 6) is -0.333. The first-order valence-corrected chi connectivity index (χ1v) is 14.8. The fourth-order valence-corrected chi connectivity index (χ4v) is 6.20. The molecule has 0 aliphatic carbocycles. The molecule has 0 bridgehead atoms. The highest BCUT2D eigenvalue weighted by Crippen LogP contribution is 2.51. The van der Waals surface area contributed by atoms with Crippen molar-refractivity contribution in [1.29, 1.82) is 0 Å². The lowest BCUT2D eigenvalue weighted by Gasteiger charge is -2.35. The molecule has 0 heterocycles. The topological polar surface area (TPSA) is 46.5 Å². The van der Waals surface area contributed by atoms with Gasteiger partial charge in [-0.05, 0) is 32.6 Å². The van der Waals surface area contributed by atoms with Gasteiger partial charge in [0.25, 0.3) is 0 Å². The van der Waals surface area contributed by atoms with Crippen LogP contribution in [0.3, 0.4) is 0 Å². The lowest BCUT2D eigenvalue weighted by atomic mass is 10.0. The molecular formula is C26H55NO3P+. The Balaban J connectivity index is 3.51. The Labute approximate surface area is 195 Å². The average molecular weight is 461 g/mol. The second-order valence-corrected chi connectivity index (χ2v) is 12.1.